The summed E-state index contributed by atoms with van der Waals surface area (Å²) in [5.74, 6) is 0.499. The number of hydrogen-bond acceptors (Lipinski definition) is 3. The summed E-state index contributed by atoms with van der Waals surface area (Å²) in [7, 11) is 0. The van der Waals surface area contributed by atoms with Crippen molar-refractivity contribution in [3.8, 4) is 5.75 Å². The van der Waals surface area contributed by atoms with Crippen molar-refractivity contribution >= 4 is 34.2 Å². The van der Waals surface area contributed by atoms with Crippen LogP contribution in [0.15, 0.2) is 59.1 Å². The van der Waals surface area contributed by atoms with Crippen molar-refractivity contribution in [2.75, 3.05) is 13.1 Å². The Kier molecular flexibility index (Phi) is 9.45. The number of hydrogen-bond donors (Lipinski definition) is 2. The number of carbonyl (C=O) groups excluding carboxylic acids is 1. The Hall–Kier alpha value is -1.56. The van der Waals surface area contributed by atoms with Gasteiger partial charge in [-0.2, -0.15) is 0 Å². The lowest BCUT2D eigenvalue weighted by Crippen LogP contribution is -2.33. The Bertz CT molecular complexity index is 625. The van der Waals surface area contributed by atoms with Gasteiger partial charge in [0.1, 0.15) is 5.75 Å². The van der Waals surface area contributed by atoms with Crippen LogP contribution in [0.5, 0.6) is 5.75 Å². The molecule has 0 heterocycles. The molecule has 1 unspecified atom stereocenters. The summed E-state index contributed by atoms with van der Waals surface area (Å²) in [5.41, 5.74) is 6.29. The average Bonchev–Trinajstić information content (AvgIpc) is 2.57. The molecule has 0 saturated heterocycles. The summed E-state index contributed by atoms with van der Waals surface area (Å²) >= 11 is 3.41. The summed E-state index contributed by atoms with van der Waals surface area (Å²) in [6.07, 6.45) is 1.08. The SMILES string of the molecule is Cl.NCCCCNC(=O)C(Oc1cccc(Br)c1)c1ccccc1. The van der Waals surface area contributed by atoms with E-state index in [1.165, 1.54) is 0 Å². The number of rotatable bonds is 8. The van der Waals surface area contributed by atoms with Crippen LogP contribution in [0, 0.1) is 0 Å². The van der Waals surface area contributed by atoms with E-state index in [4.69, 9.17) is 10.5 Å². The first-order valence-corrected chi connectivity index (χ1v) is 8.45. The molecule has 2 aromatic rings. The highest BCUT2D eigenvalue weighted by Gasteiger charge is 2.22. The number of benzene rings is 2. The van der Waals surface area contributed by atoms with Crippen LogP contribution < -0.4 is 15.8 Å². The third-order valence-electron chi connectivity index (χ3n) is 3.32. The van der Waals surface area contributed by atoms with Gasteiger partial charge >= 0.3 is 0 Å². The summed E-state index contributed by atoms with van der Waals surface area (Å²) < 4.78 is 6.84. The lowest BCUT2D eigenvalue weighted by atomic mass is 10.1. The van der Waals surface area contributed by atoms with Crippen molar-refractivity contribution in [1.82, 2.24) is 5.32 Å². The van der Waals surface area contributed by atoms with E-state index in [-0.39, 0.29) is 18.3 Å². The molecule has 0 fully saturated rings. The number of amides is 1. The van der Waals surface area contributed by atoms with Gasteiger partial charge in [0.2, 0.25) is 6.10 Å². The minimum Gasteiger partial charge on any atom is -0.476 e. The molecule has 0 radical (unpaired) electrons. The maximum Gasteiger partial charge on any atom is 0.265 e. The average molecular weight is 414 g/mol. The standard InChI is InChI=1S/C18H21BrN2O2.ClH/c19-15-9-6-10-16(13-15)23-17(14-7-2-1-3-8-14)18(22)21-12-5-4-11-20;/h1-3,6-10,13,17H,4-5,11-12,20H2,(H,21,22);1H. The fraction of sp³-hybridized carbons (Fsp3) is 0.278. The molecular weight excluding hydrogens is 392 g/mol. The molecule has 2 aromatic carbocycles. The molecule has 0 spiro atoms. The van der Waals surface area contributed by atoms with E-state index in [0.29, 0.717) is 18.8 Å². The van der Waals surface area contributed by atoms with Crippen LogP contribution in [0.2, 0.25) is 0 Å². The Labute approximate surface area is 157 Å². The summed E-state index contributed by atoms with van der Waals surface area (Å²) in [6, 6.07) is 17.0. The molecule has 0 saturated carbocycles. The normalized spacial score (nSPS) is 11.2. The maximum absolute atomic E-state index is 12.5. The van der Waals surface area contributed by atoms with Crippen LogP contribution in [0.4, 0.5) is 0 Å². The van der Waals surface area contributed by atoms with Gasteiger partial charge in [-0.3, -0.25) is 4.79 Å². The van der Waals surface area contributed by atoms with Crippen LogP contribution >= 0.6 is 28.3 Å². The predicted molar refractivity (Wildman–Crippen MR) is 102 cm³/mol. The Balaban J connectivity index is 0.00000288. The maximum atomic E-state index is 12.5. The molecule has 0 bridgehead atoms. The molecule has 24 heavy (non-hydrogen) atoms. The van der Waals surface area contributed by atoms with E-state index in [2.05, 4.69) is 21.2 Å². The number of nitrogens with two attached hydrogens (primary N) is 1. The zero-order chi connectivity index (χ0) is 16.5. The quantitative estimate of drug-likeness (QED) is 0.646. The highest BCUT2D eigenvalue weighted by Crippen LogP contribution is 2.25. The van der Waals surface area contributed by atoms with E-state index in [9.17, 15) is 4.79 Å². The van der Waals surface area contributed by atoms with Crippen molar-refractivity contribution in [2.45, 2.75) is 18.9 Å². The molecule has 0 aromatic heterocycles. The van der Waals surface area contributed by atoms with Gasteiger partial charge in [0.15, 0.2) is 0 Å². The molecular formula is C18H22BrClN2O2. The molecule has 4 nitrogen and oxygen atoms in total. The van der Waals surface area contributed by atoms with Crippen LogP contribution in [0.25, 0.3) is 0 Å². The molecule has 0 aliphatic rings. The van der Waals surface area contributed by atoms with Gasteiger partial charge in [0.25, 0.3) is 5.91 Å². The van der Waals surface area contributed by atoms with Crippen LogP contribution in [-0.4, -0.2) is 19.0 Å². The molecule has 130 valence electrons. The van der Waals surface area contributed by atoms with Crippen LogP contribution in [-0.2, 0) is 4.79 Å². The van der Waals surface area contributed by atoms with Gasteiger partial charge in [-0.15, -0.1) is 12.4 Å². The minimum atomic E-state index is -0.677. The largest absolute Gasteiger partial charge is 0.476 e. The van der Waals surface area contributed by atoms with Gasteiger partial charge in [0.05, 0.1) is 0 Å². The van der Waals surface area contributed by atoms with Crippen LogP contribution in [0.1, 0.15) is 24.5 Å². The second-order valence-corrected chi connectivity index (χ2v) is 6.07. The fourth-order valence-corrected chi connectivity index (χ4v) is 2.53. The number of carbonyl (C=O) groups is 1. The van der Waals surface area contributed by atoms with Crippen LogP contribution in [0.3, 0.4) is 0 Å². The molecule has 1 amide bonds. The monoisotopic (exact) mass is 412 g/mol. The molecule has 1 atom stereocenters. The van der Waals surface area contributed by atoms with Gasteiger partial charge in [-0.25, -0.2) is 0 Å². The first kappa shape index (κ1) is 20.5. The second kappa shape index (κ2) is 11.1. The molecule has 6 heteroatoms. The van der Waals surface area contributed by atoms with Gasteiger partial charge < -0.3 is 15.8 Å². The van der Waals surface area contributed by atoms with E-state index < -0.39 is 6.10 Å². The lowest BCUT2D eigenvalue weighted by molar-refractivity contribution is -0.128. The highest BCUT2D eigenvalue weighted by atomic mass is 79.9. The van der Waals surface area contributed by atoms with Crippen molar-refractivity contribution in [3.63, 3.8) is 0 Å². The van der Waals surface area contributed by atoms with Gasteiger partial charge in [-0.05, 0) is 37.6 Å². The second-order valence-electron chi connectivity index (χ2n) is 5.15. The van der Waals surface area contributed by atoms with Gasteiger partial charge in [0, 0.05) is 16.6 Å². The highest BCUT2D eigenvalue weighted by molar-refractivity contribution is 9.10. The van der Waals surface area contributed by atoms with Gasteiger partial charge in [-0.1, -0.05) is 52.3 Å². The summed E-state index contributed by atoms with van der Waals surface area (Å²) in [5, 5.41) is 2.92. The minimum absolute atomic E-state index is 0. The van der Waals surface area contributed by atoms with E-state index >= 15 is 0 Å². The summed E-state index contributed by atoms with van der Waals surface area (Å²) in [6.45, 7) is 1.23. The van der Waals surface area contributed by atoms with E-state index in [1.807, 2.05) is 54.6 Å². The van der Waals surface area contributed by atoms with E-state index in [0.717, 1.165) is 22.9 Å². The zero-order valence-corrected chi connectivity index (χ0v) is 15.7. The number of halogens is 2. The van der Waals surface area contributed by atoms with Crippen molar-refractivity contribution < 1.29 is 9.53 Å². The smallest absolute Gasteiger partial charge is 0.265 e. The number of unbranched alkanes of at least 4 members (excludes halogenated alkanes) is 1. The Morgan fingerprint density at radius 3 is 2.54 bits per heavy atom. The molecule has 0 aliphatic carbocycles. The Morgan fingerprint density at radius 1 is 1.12 bits per heavy atom. The fourth-order valence-electron chi connectivity index (χ4n) is 2.15. The Morgan fingerprint density at radius 2 is 1.88 bits per heavy atom. The lowest BCUT2D eigenvalue weighted by Gasteiger charge is -2.19. The summed E-state index contributed by atoms with van der Waals surface area (Å²) in [4.78, 5) is 12.5. The van der Waals surface area contributed by atoms with E-state index in [1.54, 1.807) is 0 Å². The van der Waals surface area contributed by atoms with Crippen molar-refractivity contribution in [2.24, 2.45) is 5.73 Å². The first-order valence-electron chi connectivity index (χ1n) is 7.65. The molecule has 0 aliphatic heterocycles. The third-order valence-corrected chi connectivity index (χ3v) is 3.81. The number of ether oxygens (including phenoxy) is 1. The van der Waals surface area contributed by atoms with Crippen molar-refractivity contribution in [3.05, 3.63) is 64.6 Å². The zero-order valence-electron chi connectivity index (χ0n) is 13.3. The molecule has 3 N–H and O–H groups in total. The predicted octanol–water partition coefficient (Wildman–Crippen LogP) is 3.85. The van der Waals surface area contributed by atoms with Crippen molar-refractivity contribution in [1.29, 1.82) is 0 Å². The number of nitrogens with one attached hydrogen (secondary N) is 1. The molecule has 2 rings (SSSR count). The topological polar surface area (TPSA) is 64.3 Å². The third kappa shape index (κ3) is 6.51. The first-order chi connectivity index (χ1) is 11.2.